The number of anilines is 1. The average molecular weight is 513 g/mol. The fraction of sp³-hybridized carbons (Fsp3) is 0.533. The minimum atomic E-state index is 0.0887. The lowest BCUT2D eigenvalue weighted by Gasteiger charge is -2.39. The van der Waals surface area contributed by atoms with Crippen LogP contribution < -0.4 is 4.90 Å². The van der Waals surface area contributed by atoms with E-state index in [1.807, 2.05) is 15.6 Å². The molecule has 1 aliphatic carbocycles. The molecule has 1 atom stereocenters. The summed E-state index contributed by atoms with van der Waals surface area (Å²) in [5, 5.41) is 4.57. The Bertz CT molecular complexity index is 1330. The smallest absolute Gasteiger partial charge is 0.273 e. The first-order valence-electron chi connectivity index (χ1n) is 14.1. The summed E-state index contributed by atoms with van der Waals surface area (Å²) in [5.74, 6) is 0.904. The standard InChI is InChI=1S/C30H38N7O/c1-21(2)36-10-4-5-23(19-36)22-6-7-27(32-18-22)25-17-29-28(8-9-33-37(29)20-25)34-11-13-35(14-12-34)30(38)24-15-26(16-24)31-3/h3,6-9,17-18,20-21,23-24,26H,4-5,10-16,19H2,1-2H3/q+1/t23-,24-,26-/m1/s1. The molecule has 8 heteroatoms. The molecular weight excluding hydrogens is 474 g/mol. The number of hydrogen-bond donors (Lipinski definition) is 0. The number of hydrogen-bond acceptors (Lipinski definition) is 5. The van der Waals surface area contributed by atoms with E-state index in [1.165, 1.54) is 24.9 Å². The quantitative estimate of drug-likeness (QED) is 0.508. The van der Waals surface area contributed by atoms with E-state index < -0.39 is 0 Å². The number of fused-ring (bicyclic) bond motifs is 1. The largest absolute Gasteiger partial charge is 0.366 e. The van der Waals surface area contributed by atoms with Gasteiger partial charge in [-0.25, -0.2) is 4.52 Å². The zero-order chi connectivity index (χ0) is 26.2. The fourth-order valence-corrected chi connectivity index (χ4v) is 6.31. The molecule has 5 heterocycles. The number of amides is 1. The van der Waals surface area contributed by atoms with Crippen molar-refractivity contribution in [1.29, 1.82) is 0 Å². The molecule has 198 valence electrons. The summed E-state index contributed by atoms with van der Waals surface area (Å²) in [6.07, 6.45) is 10.1. The zero-order valence-corrected chi connectivity index (χ0v) is 22.5. The number of likely N-dealkylation sites (tertiary alicyclic amines) is 1. The number of rotatable bonds is 5. The summed E-state index contributed by atoms with van der Waals surface area (Å²) in [6.45, 7) is 15.4. The normalized spacial score (nSPS) is 24.4. The minimum Gasteiger partial charge on any atom is -0.366 e. The molecule has 3 fully saturated rings. The molecule has 3 aliphatic rings. The van der Waals surface area contributed by atoms with E-state index in [4.69, 9.17) is 11.6 Å². The Labute approximate surface area is 225 Å². The van der Waals surface area contributed by atoms with Crippen molar-refractivity contribution >= 4 is 17.1 Å². The lowest BCUT2D eigenvalue weighted by molar-refractivity contribution is -0.138. The molecule has 1 amide bonds. The molecule has 0 radical (unpaired) electrons. The van der Waals surface area contributed by atoms with E-state index >= 15 is 0 Å². The number of pyridine rings is 1. The monoisotopic (exact) mass is 512 g/mol. The van der Waals surface area contributed by atoms with Gasteiger partial charge in [-0.1, -0.05) is 10.9 Å². The molecule has 38 heavy (non-hydrogen) atoms. The van der Waals surface area contributed by atoms with Crippen LogP contribution in [-0.4, -0.2) is 81.7 Å². The molecule has 0 aromatic carbocycles. The van der Waals surface area contributed by atoms with Crippen LogP contribution in [0.4, 0.5) is 5.69 Å². The van der Waals surface area contributed by atoms with Crippen molar-refractivity contribution < 1.29 is 4.79 Å². The molecule has 0 N–H and O–H groups in total. The number of piperazine rings is 1. The number of carbonyl (C=O) groups excluding carboxylic acids is 1. The Morgan fingerprint density at radius 1 is 1.11 bits per heavy atom. The first-order chi connectivity index (χ1) is 18.5. The highest BCUT2D eigenvalue weighted by atomic mass is 16.2. The summed E-state index contributed by atoms with van der Waals surface area (Å²) in [5.41, 5.74) is 5.60. The van der Waals surface area contributed by atoms with Gasteiger partial charge in [0.25, 0.3) is 12.6 Å². The van der Waals surface area contributed by atoms with Crippen molar-refractivity contribution in [1.82, 2.24) is 24.4 Å². The molecule has 0 unspecified atom stereocenters. The number of nitrogens with zero attached hydrogens (tertiary/aromatic N) is 7. The number of aromatic nitrogens is 3. The highest BCUT2D eigenvalue weighted by Gasteiger charge is 2.43. The van der Waals surface area contributed by atoms with Crippen molar-refractivity contribution in [2.45, 2.75) is 57.5 Å². The van der Waals surface area contributed by atoms with Crippen LogP contribution in [0.1, 0.15) is 51.0 Å². The van der Waals surface area contributed by atoms with Gasteiger partial charge in [-0.15, -0.1) is 0 Å². The van der Waals surface area contributed by atoms with E-state index in [0.29, 0.717) is 12.0 Å². The lowest BCUT2D eigenvalue weighted by atomic mass is 9.79. The maximum absolute atomic E-state index is 12.8. The summed E-state index contributed by atoms with van der Waals surface area (Å²) in [4.78, 5) is 28.5. The molecule has 8 nitrogen and oxygen atoms in total. The molecule has 0 spiro atoms. The minimum absolute atomic E-state index is 0.0887. The Hall–Kier alpha value is -3.44. The first-order valence-corrected chi connectivity index (χ1v) is 14.1. The van der Waals surface area contributed by atoms with E-state index in [-0.39, 0.29) is 17.9 Å². The lowest BCUT2D eigenvalue weighted by Crippen LogP contribution is -2.52. The highest BCUT2D eigenvalue weighted by Crippen LogP contribution is 2.33. The van der Waals surface area contributed by atoms with Crippen molar-refractivity contribution in [2.75, 3.05) is 44.2 Å². The maximum Gasteiger partial charge on any atom is 0.273 e. The van der Waals surface area contributed by atoms with Gasteiger partial charge in [0, 0.05) is 75.8 Å². The van der Waals surface area contributed by atoms with Crippen molar-refractivity contribution in [3.63, 3.8) is 0 Å². The third kappa shape index (κ3) is 4.76. The maximum atomic E-state index is 12.8. The van der Waals surface area contributed by atoms with E-state index in [2.05, 4.69) is 70.3 Å². The molecule has 2 aliphatic heterocycles. The third-order valence-electron chi connectivity index (χ3n) is 8.83. The average Bonchev–Trinajstić information content (AvgIpc) is 3.37. The molecule has 3 aromatic rings. The van der Waals surface area contributed by atoms with Crippen LogP contribution in [0.15, 0.2) is 42.9 Å². The molecule has 2 saturated heterocycles. The van der Waals surface area contributed by atoms with Crippen molar-refractivity contribution in [3.05, 3.63) is 53.3 Å². The Balaban J connectivity index is 1.14. The topological polar surface area (TPSA) is 61.3 Å². The molecule has 1 saturated carbocycles. The van der Waals surface area contributed by atoms with E-state index in [1.54, 1.807) is 0 Å². The van der Waals surface area contributed by atoms with Crippen LogP contribution in [0.2, 0.25) is 0 Å². The van der Waals surface area contributed by atoms with Gasteiger partial charge in [0.15, 0.2) is 0 Å². The molecule has 3 aromatic heterocycles. The van der Waals surface area contributed by atoms with Gasteiger partial charge < -0.3 is 14.7 Å². The van der Waals surface area contributed by atoms with Crippen LogP contribution in [0.3, 0.4) is 0 Å². The Kier molecular flexibility index (Phi) is 6.79. The second-order valence-corrected chi connectivity index (χ2v) is 11.5. The Morgan fingerprint density at radius 2 is 1.92 bits per heavy atom. The van der Waals surface area contributed by atoms with Crippen LogP contribution in [-0.2, 0) is 4.79 Å². The predicted molar refractivity (Wildman–Crippen MR) is 151 cm³/mol. The third-order valence-corrected chi connectivity index (χ3v) is 8.83. The summed E-state index contributed by atoms with van der Waals surface area (Å²) < 4.78 is 1.95. The summed E-state index contributed by atoms with van der Waals surface area (Å²) >= 11 is 0. The fourth-order valence-electron chi connectivity index (χ4n) is 6.31. The van der Waals surface area contributed by atoms with Gasteiger partial charge >= 0.3 is 0 Å². The van der Waals surface area contributed by atoms with Crippen LogP contribution in [0.25, 0.3) is 21.6 Å². The van der Waals surface area contributed by atoms with Crippen LogP contribution >= 0.6 is 0 Å². The van der Waals surface area contributed by atoms with Crippen molar-refractivity contribution in [3.8, 4) is 17.8 Å². The number of piperidine rings is 1. The SMILES string of the molecule is C#[N+][C@H]1C[C@H](C(=O)N2CCN(c3ccnn4cc(-c5ccc([C@@H]6CCCN(C(C)C)C6)cn5)cc34)CC2)C1. The summed E-state index contributed by atoms with van der Waals surface area (Å²) in [7, 11) is 0. The second kappa shape index (κ2) is 10.4. The van der Waals surface area contributed by atoms with Gasteiger partial charge in [0.1, 0.15) is 0 Å². The number of carbonyl (C=O) groups is 1. The van der Waals surface area contributed by atoms with Gasteiger partial charge in [-0.3, -0.25) is 9.78 Å². The van der Waals surface area contributed by atoms with Gasteiger partial charge in [-0.05, 0) is 62.9 Å². The van der Waals surface area contributed by atoms with Crippen molar-refractivity contribution in [2.24, 2.45) is 5.92 Å². The molecule has 0 bridgehead atoms. The molecule has 6 rings (SSSR count). The zero-order valence-electron chi connectivity index (χ0n) is 22.5. The van der Waals surface area contributed by atoms with Gasteiger partial charge in [0.2, 0.25) is 5.91 Å². The predicted octanol–water partition coefficient (Wildman–Crippen LogP) is 4.37. The first kappa shape index (κ1) is 24.9. The van der Waals surface area contributed by atoms with Crippen LogP contribution in [0.5, 0.6) is 0 Å². The second-order valence-electron chi connectivity index (χ2n) is 11.5. The highest BCUT2D eigenvalue weighted by molar-refractivity contribution is 5.81. The van der Waals surface area contributed by atoms with E-state index in [9.17, 15) is 4.79 Å². The Morgan fingerprint density at radius 3 is 2.63 bits per heavy atom. The van der Waals surface area contributed by atoms with E-state index in [0.717, 1.165) is 68.0 Å². The van der Waals surface area contributed by atoms with Gasteiger partial charge in [0.05, 0.1) is 22.8 Å². The van der Waals surface area contributed by atoms with Gasteiger partial charge in [-0.2, -0.15) is 5.10 Å². The molecular formula is C30H38N7O+. The van der Waals surface area contributed by atoms with Crippen LogP contribution in [0, 0.1) is 12.5 Å². The summed E-state index contributed by atoms with van der Waals surface area (Å²) in [6, 6.07) is 9.43.